The largest absolute Gasteiger partial charge is 0.748 e. The Labute approximate surface area is 138 Å². The van der Waals surface area contributed by atoms with E-state index in [-0.39, 0.29) is 29.0 Å². The predicted molar refractivity (Wildman–Crippen MR) is 87.0 cm³/mol. The minimum Gasteiger partial charge on any atom is -0.748 e. The maximum absolute atomic E-state index is 11.7. The summed E-state index contributed by atoms with van der Waals surface area (Å²) in [6.45, 7) is 11.2. The average molecular weight is 323 g/mol. The first-order chi connectivity index (χ1) is 9.61. The fraction of sp³-hybridized carbons (Fsp3) is 0.167. The molecular formula is C18H21FeNO-6. The van der Waals surface area contributed by atoms with Gasteiger partial charge in [-0.25, -0.2) is 0 Å². The van der Waals surface area contributed by atoms with Crippen molar-refractivity contribution in [1.29, 1.82) is 0 Å². The Bertz CT molecular complexity index is 520. The first kappa shape index (κ1) is 19.2. The van der Waals surface area contributed by atoms with Crippen LogP contribution in [0.1, 0.15) is 19.4 Å². The molecule has 2 aromatic rings. The summed E-state index contributed by atoms with van der Waals surface area (Å²) in [6.07, 6.45) is 3.08. The summed E-state index contributed by atoms with van der Waals surface area (Å²) in [4.78, 5) is 13.4. The van der Waals surface area contributed by atoms with E-state index in [1.807, 2.05) is 62.4 Å². The fourth-order valence-corrected chi connectivity index (χ4v) is 1.89. The van der Waals surface area contributed by atoms with Crippen molar-refractivity contribution in [1.82, 2.24) is 0 Å². The van der Waals surface area contributed by atoms with Gasteiger partial charge in [-0.2, -0.15) is 12.1 Å². The molecule has 0 aliphatic carbocycles. The summed E-state index contributed by atoms with van der Waals surface area (Å²) in [6, 6.07) is 15.9. The van der Waals surface area contributed by atoms with Gasteiger partial charge in [-0.05, 0) is 25.6 Å². The third-order valence-electron chi connectivity index (χ3n) is 2.79. The Morgan fingerprint density at radius 2 is 1.76 bits per heavy atom. The standard InChI is InChI=1S/C13H16NO.C5H5.Fe/c1-5-11-8-7-9-12(11)14(10(3)4)13(15)6-2;1-2-4-5-3-1;/h5-10H,1-2H2,3-4H3;1-5H;/q-1;-5;. The molecule has 0 N–H and O–H groups in total. The molecule has 0 saturated carbocycles. The monoisotopic (exact) mass is 323 g/mol. The second-order valence-corrected chi connectivity index (χ2v) is 4.54. The first-order valence-corrected chi connectivity index (χ1v) is 6.62. The van der Waals surface area contributed by atoms with Gasteiger partial charge < -0.3 is 40.0 Å². The van der Waals surface area contributed by atoms with Crippen LogP contribution in [0, 0.1) is 0 Å². The van der Waals surface area contributed by atoms with E-state index < -0.39 is 0 Å². The summed E-state index contributed by atoms with van der Waals surface area (Å²) < 4.78 is 0. The van der Waals surface area contributed by atoms with E-state index in [4.69, 9.17) is 0 Å². The van der Waals surface area contributed by atoms with Crippen LogP contribution in [0.5, 0.6) is 0 Å². The number of hydrogen-bond donors (Lipinski definition) is 0. The molecule has 0 heterocycles. The Hall–Kier alpha value is -1.83. The third kappa shape index (κ3) is 5.58. The second-order valence-electron chi connectivity index (χ2n) is 4.54. The van der Waals surface area contributed by atoms with Gasteiger partial charge in [0.15, 0.2) is 5.91 Å². The molecule has 0 aromatic heterocycles. The molecule has 0 spiro atoms. The fourth-order valence-electron chi connectivity index (χ4n) is 1.89. The van der Waals surface area contributed by atoms with Crippen LogP contribution < -0.4 is 4.90 Å². The quantitative estimate of drug-likeness (QED) is 0.464. The van der Waals surface area contributed by atoms with Crippen LogP contribution in [-0.2, 0) is 21.9 Å². The topological polar surface area (TPSA) is 20.3 Å². The van der Waals surface area contributed by atoms with E-state index in [1.54, 1.807) is 11.0 Å². The molecular weight excluding hydrogens is 302 g/mol. The zero-order valence-electron chi connectivity index (χ0n) is 12.5. The first-order valence-electron chi connectivity index (χ1n) is 6.62. The normalized spacial score (nSPS) is 9.10. The zero-order chi connectivity index (χ0) is 15.0. The Kier molecular flexibility index (Phi) is 9.11. The molecule has 0 atom stereocenters. The van der Waals surface area contributed by atoms with E-state index >= 15 is 0 Å². The van der Waals surface area contributed by atoms with Crippen molar-refractivity contribution in [2.45, 2.75) is 19.9 Å². The molecule has 0 bridgehead atoms. The molecule has 0 radical (unpaired) electrons. The van der Waals surface area contributed by atoms with Crippen molar-refractivity contribution < 1.29 is 21.9 Å². The third-order valence-corrected chi connectivity index (χ3v) is 2.79. The maximum atomic E-state index is 11.7. The minimum atomic E-state index is -0.0840. The Morgan fingerprint density at radius 1 is 1.24 bits per heavy atom. The molecule has 0 aliphatic heterocycles. The molecule has 0 saturated heterocycles. The van der Waals surface area contributed by atoms with Crippen LogP contribution in [0.15, 0.2) is 67.8 Å². The number of rotatable bonds is 4. The molecule has 1 amide bonds. The number of nitrogens with zero attached hydrogens (tertiary/aromatic N) is 1. The summed E-state index contributed by atoms with van der Waals surface area (Å²) >= 11 is 0. The Balaban J connectivity index is 0.000000562. The van der Waals surface area contributed by atoms with Crippen LogP contribution in [0.25, 0.3) is 6.08 Å². The van der Waals surface area contributed by atoms with Crippen LogP contribution in [0.2, 0.25) is 0 Å². The molecule has 21 heavy (non-hydrogen) atoms. The molecule has 2 nitrogen and oxygen atoms in total. The molecule has 0 fully saturated rings. The van der Waals surface area contributed by atoms with E-state index in [1.165, 1.54) is 6.08 Å². The SMILES string of the molecule is C=CC(=O)N([c-]1cccc1C=C)C(C)C.[Fe].[cH-]1[cH-][cH-][cH-][cH-]1. The van der Waals surface area contributed by atoms with E-state index in [9.17, 15) is 4.79 Å². The summed E-state index contributed by atoms with van der Waals surface area (Å²) in [5.41, 5.74) is 1.86. The smallest absolute Gasteiger partial charge is 0.190 e. The van der Waals surface area contributed by atoms with Gasteiger partial charge in [0, 0.05) is 23.1 Å². The van der Waals surface area contributed by atoms with Gasteiger partial charge in [0.05, 0.1) is 0 Å². The number of carbonyl (C=O) groups is 1. The van der Waals surface area contributed by atoms with E-state index in [0.29, 0.717) is 0 Å². The summed E-state index contributed by atoms with van der Waals surface area (Å²) in [5.74, 6) is -0.0840. The van der Waals surface area contributed by atoms with Crippen molar-refractivity contribution in [3.8, 4) is 0 Å². The molecule has 0 aliphatic rings. The second kappa shape index (κ2) is 9.98. The van der Waals surface area contributed by atoms with Gasteiger partial charge in [0.2, 0.25) is 0 Å². The van der Waals surface area contributed by atoms with Gasteiger partial charge in [-0.15, -0.1) is 30.9 Å². The van der Waals surface area contributed by atoms with Crippen molar-refractivity contribution >= 4 is 17.7 Å². The van der Waals surface area contributed by atoms with Crippen LogP contribution in [-0.4, -0.2) is 11.9 Å². The zero-order valence-corrected chi connectivity index (χ0v) is 13.6. The average Bonchev–Trinajstić information content (AvgIpc) is 3.12. The molecule has 0 unspecified atom stereocenters. The van der Waals surface area contributed by atoms with Crippen LogP contribution >= 0.6 is 0 Å². The van der Waals surface area contributed by atoms with Crippen LogP contribution in [0.4, 0.5) is 5.69 Å². The number of carbonyl (C=O) groups excluding carboxylic acids is 1. The van der Waals surface area contributed by atoms with E-state index in [0.717, 1.165) is 11.3 Å². The predicted octanol–water partition coefficient (Wildman–Crippen LogP) is 4.38. The van der Waals surface area contributed by atoms with Crippen LogP contribution in [0.3, 0.4) is 0 Å². The summed E-state index contributed by atoms with van der Waals surface area (Å²) in [7, 11) is 0. The van der Waals surface area contributed by atoms with Crippen molar-refractivity contribution in [2.24, 2.45) is 0 Å². The van der Waals surface area contributed by atoms with Gasteiger partial charge in [0.1, 0.15) is 0 Å². The number of amides is 1. The van der Waals surface area contributed by atoms with Crippen molar-refractivity contribution in [3.63, 3.8) is 0 Å². The van der Waals surface area contributed by atoms with Gasteiger partial charge in [-0.3, -0.25) is 0 Å². The minimum absolute atomic E-state index is 0. The van der Waals surface area contributed by atoms with Gasteiger partial charge in [0.25, 0.3) is 0 Å². The van der Waals surface area contributed by atoms with Gasteiger partial charge in [-0.1, -0.05) is 0 Å². The molecule has 2 aromatic carbocycles. The summed E-state index contributed by atoms with van der Waals surface area (Å²) in [5, 5.41) is 0. The molecule has 2 rings (SSSR count). The molecule has 3 heteroatoms. The molecule has 118 valence electrons. The number of anilines is 1. The Morgan fingerprint density at radius 3 is 2.14 bits per heavy atom. The van der Waals surface area contributed by atoms with E-state index in [2.05, 4.69) is 13.2 Å². The maximum Gasteiger partial charge on any atom is 0.190 e. The number of hydrogen-bond acceptors (Lipinski definition) is 1. The van der Waals surface area contributed by atoms with Crippen molar-refractivity contribution in [2.75, 3.05) is 4.90 Å². The van der Waals surface area contributed by atoms with Gasteiger partial charge >= 0.3 is 0 Å². The van der Waals surface area contributed by atoms with Crippen molar-refractivity contribution in [3.05, 3.63) is 73.3 Å².